The maximum absolute atomic E-state index is 14.2. The van der Waals surface area contributed by atoms with E-state index in [1.807, 2.05) is 19.2 Å². The monoisotopic (exact) mass is 435 g/mol. The molecule has 2 heterocycles. The molecule has 32 heavy (non-hydrogen) atoms. The summed E-state index contributed by atoms with van der Waals surface area (Å²) in [4.78, 5) is 9.62. The van der Waals surface area contributed by atoms with Crippen molar-refractivity contribution in [3.8, 4) is 5.69 Å². The number of fused-ring (bicyclic) bond motifs is 1. The van der Waals surface area contributed by atoms with Gasteiger partial charge < -0.3 is 10.6 Å². The van der Waals surface area contributed by atoms with E-state index in [0.717, 1.165) is 53.3 Å². The normalized spacial score (nSPS) is 12.0. The lowest BCUT2D eigenvalue weighted by atomic mass is 10.1. The first kappa shape index (κ1) is 23.5. The molecule has 3 rings (SSSR count). The number of alkyl halides is 1. The van der Waals surface area contributed by atoms with Gasteiger partial charge in [0.25, 0.3) is 0 Å². The molecular weight excluding hydrogens is 401 g/mol. The second-order valence-corrected chi connectivity index (χ2v) is 8.11. The number of halogens is 1. The second kappa shape index (κ2) is 11.5. The number of imidazole rings is 1. The van der Waals surface area contributed by atoms with Gasteiger partial charge in [-0.25, -0.2) is 14.4 Å². The Hall–Kier alpha value is -3.15. The fourth-order valence-electron chi connectivity index (χ4n) is 3.71. The van der Waals surface area contributed by atoms with Crippen LogP contribution in [0.25, 0.3) is 16.9 Å². The summed E-state index contributed by atoms with van der Waals surface area (Å²) in [5.41, 5.74) is 5.96. The van der Waals surface area contributed by atoms with E-state index in [1.165, 1.54) is 5.56 Å². The maximum Gasteiger partial charge on any atom is 0.164 e. The number of nitrogens with zero attached hydrogens (tertiary/aromatic N) is 3. The Morgan fingerprint density at radius 1 is 1.16 bits per heavy atom. The minimum atomic E-state index is -0.850. The molecule has 5 nitrogen and oxygen atoms in total. The number of aryl methyl sites for hydroxylation is 2. The van der Waals surface area contributed by atoms with Gasteiger partial charge in [0.2, 0.25) is 0 Å². The van der Waals surface area contributed by atoms with E-state index in [2.05, 4.69) is 59.5 Å². The zero-order valence-electron chi connectivity index (χ0n) is 19.2. The standard InChI is InChI=1S/C26H34FN5/c1-5-20-8-11-23(12-9-20)32-25(14-16-29-19(3)4)31-24-17-21(18-30-26(24)32)7-10-22(27)13-15-28-6-2/h6,8-9,11-12,17-18,22,28-29H,2-3,5,7,10,13-16H2,1,4H3. The maximum atomic E-state index is 14.2. The van der Waals surface area contributed by atoms with Crippen LogP contribution in [0, 0.1) is 0 Å². The second-order valence-electron chi connectivity index (χ2n) is 8.11. The third kappa shape index (κ3) is 6.19. The molecule has 170 valence electrons. The lowest BCUT2D eigenvalue weighted by Crippen LogP contribution is -2.16. The number of benzene rings is 1. The molecule has 2 aromatic heterocycles. The Morgan fingerprint density at radius 2 is 1.94 bits per heavy atom. The molecule has 0 amide bonds. The molecule has 0 fully saturated rings. The summed E-state index contributed by atoms with van der Waals surface area (Å²) in [6.45, 7) is 12.9. The summed E-state index contributed by atoms with van der Waals surface area (Å²) in [6, 6.07) is 10.6. The van der Waals surface area contributed by atoms with Gasteiger partial charge in [0, 0.05) is 37.1 Å². The number of pyridine rings is 1. The number of aromatic nitrogens is 3. The highest BCUT2D eigenvalue weighted by atomic mass is 19.1. The first-order chi connectivity index (χ1) is 15.5. The van der Waals surface area contributed by atoms with Crippen LogP contribution in [-0.4, -0.2) is 33.8 Å². The molecule has 0 bridgehead atoms. The average Bonchev–Trinajstić information content (AvgIpc) is 3.15. The molecule has 0 aliphatic heterocycles. The lowest BCUT2D eigenvalue weighted by molar-refractivity contribution is 0.296. The quantitative estimate of drug-likeness (QED) is 0.369. The summed E-state index contributed by atoms with van der Waals surface area (Å²) in [7, 11) is 0. The zero-order valence-corrected chi connectivity index (χ0v) is 19.2. The first-order valence-electron chi connectivity index (χ1n) is 11.3. The Morgan fingerprint density at radius 3 is 2.62 bits per heavy atom. The molecule has 0 aliphatic rings. The molecule has 0 saturated carbocycles. The predicted octanol–water partition coefficient (Wildman–Crippen LogP) is 5.04. The lowest BCUT2D eigenvalue weighted by Gasteiger charge is -2.11. The summed E-state index contributed by atoms with van der Waals surface area (Å²) in [6.07, 6.45) is 5.94. The van der Waals surface area contributed by atoms with Crippen molar-refractivity contribution in [1.82, 2.24) is 25.2 Å². The van der Waals surface area contributed by atoms with Crippen LogP contribution >= 0.6 is 0 Å². The fraction of sp³-hybridized carbons (Fsp3) is 0.385. The molecule has 1 atom stereocenters. The number of hydrogen-bond acceptors (Lipinski definition) is 4. The van der Waals surface area contributed by atoms with Crippen LogP contribution in [0.5, 0.6) is 0 Å². The summed E-state index contributed by atoms with van der Waals surface area (Å²) >= 11 is 0. The van der Waals surface area contributed by atoms with E-state index >= 15 is 0 Å². The van der Waals surface area contributed by atoms with E-state index < -0.39 is 6.17 Å². The Balaban J connectivity index is 1.84. The van der Waals surface area contributed by atoms with Crippen LogP contribution in [0.15, 0.2) is 61.6 Å². The van der Waals surface area contributed by atoms with Crippen LogP contribution in [0.1, 0.15) is 43.6 Å². The minimum Gasteiger partial charge on any atom is -0.391 e. The molecule has 1 unspecified atom stereocenters. The topological polar surface area (TPSA) is 54.8 Å². The van der Waals surface area contributed by atoms with Crippen molar-refractivity contribution in [3.63, 3.8) is 0 Å². The van der Waals surface area contributed by atoms with Gasteiger partial charge in [0.05, 0.1) is 0 Å². The van der Waals surface area contributed by atoms with Crippen LogP contribution < -0.4 is 10.6 Å². The fourth-order valence-corrected chi connectivity index (χ4v) is 3.71. The van der Waals surface area contributed by atoms with E-state index in [9.17, 15) is 4.39 Å². The van der Waals surface area contributed by atoms with Crippen molar-refractivity contribution in [2.45, 2.75) is 52.1 Å². The van der Waals surface area contributed by atoms with E-state index in [-0.39, 0.29) is 0 Å². The number of rotatable bonds is 13. The molecule has 0 radical (unpaired) electrons. The van der Waals surface area contributed by atoms with Gasteiger partial charge in [-0.15, -0.1) is 0 Å². The van der Waals surface area contributed by atoms with Gasteiger partial charge in [-0.05, 0) is 68.1 Å². The molecule has 3 aromatic rings. The summed E-state index contributed by atoms with van der Waals surface area (Å²) < 4.78 is 16.3. The Kier molecular flexibility index (Phi) is 8.42. The number of allylic oxidation sites excluding steroid dienone is 1. The first-order valence-corrected chi connectivity index (χ1v) is 11.3. The molecule has 0 aliphatic carbocycles. The molecule has 6 heteroatoms. The number of nitrogens with one attached hydrogen (secondary N) is 2. The van der Waals surface area contributed by atoms with Crippen LogP contribution in [0.3, 0.4) is 0 Å². The third-order valence-electron chi connectivity index (χ3n) is 5.49. The van der Waals surface area contributed by atoms with Crippen molar-refractivity contribution < 1.29 is 4.39 Å². The summed E-state index contributed by atoms with van der Waals surface area (Å²) in [5, 5.41) is 6.22. The van der Waals surface area contributed by atoms with Gasteiger partial charge in [0.15, 0.2) is 5.65 Å². The van der Waals surface area contributed by atoms with E-state index in [1.54, 1.807) is 6.20 Å². The average molecular weight is 436 g/mol. The number of hydrogen-bond donors (Lipinski definition) is 2. The van der Waals surface area contributed by atoms with Gasteiger partial charge in [-0.3, -0.25) is 4.57 Å². The van der Waals surface area contributed by atoms with E-state index in [4.69, 9.17) is 9.97 Å². The van der Waals surface area contributed by atoms with Gasteiger partial charge >= 0.3 is 0 Å². The molecule has 0 spiro atoms. The highest BCUT2D eigenvalue weighted by Gasteiger charge is 2.15. The Labute approximate surface area is 190 Å². The van der Waals surface area contributed by atoms with E-state index in [0.29, 0.717) is 25.8 Å². The van der Waals surface area contributed by atoms with Crippen molar-refractivity contribution in [2.75, 3.05) is 13.1 Å². The van der Waals surface area contributed by atoms with Crippen LogP contribution in [0.4, 0.5) is 4.39 Å². The van der Waals surface area contributed by atoms with Crippen molar-refractivity contribution >= 4 is 11.2 Å². The molecule has 0 saturated heterocycles. The zero-order chi connectivity index (χ0) is 22.9. The highest BCUT2D eigenvalue weighted by Crippen LogP contribution is 2.23. The van der Waals surface area contributed by atoms with Gasteiger partial charge in [-0.1, -0.05) is 32.2 Å². The SMILES string of the molecule is C=CNCCC(F)CCc1cnc2c(c1)nc(CCNC(=C)C)n2-c1ccc(CC)cc1. The van der Waals surface area contributed by atoms with Gasteiger partial charge in [-0.2, -0.15) is 0 Å². The minimum absolute atomic E-state index is 0.473. The third-order valence-corrected chi connectivity index (χ3v) is 5.49. The molecule has 1 aromatic carbocycles. The molecule has 2 N–H and O–H groups in total. The van der Waals surface area contributed by atoms with Crippen LogP contribution in [0.2, 0.25) is 0 Å². The van der Waals surface area contributed by atoms with Crippen molar-refractivity contribution in [3.05, 3.63) is 78.5 Å². The van der Waals surface area contributed by atoms with Crippen LogP contribution in [-0.2, 0) is 19.3 Å². The molecular formula is C26H34FN5. The van der Waals surface area contributed by atoms with Crippen molar-refractivity contribution in [1.29, 1.82) is 0 Å². The predicted molar refractivity (Wildman–Crippen MR) is 131 cm³/mol. The van der Waals surface area contributed by atoms with Gasteiger partial charge in [0.1, 0.15) is 17.5 Å². The smallest absolute Gasteiger partial charge is 0.164 e. The highest BCUT2D eigenvalue weighted by molar-refractivity contribution is 5.74. The Bertz CT molecular complexity index is 1040. The summed E-state index contributed by atoms with van der Waals surface area (Å²) in [5.74, 6) is 0.946. The largest absolute Gasteiger partial charge is 0.391 e. The van der Waals surface area contributed by atoms with Crippen molar-refractivity contribution in [2.24, 2.45) is 0 Å².